The average Bonchev–Trinajstić information content (AvgIpc) is 3.52. The van der Waals surface area contributed by atoms with Crippen LogP contribution in [0.1, 0.15) is 74.1 Å². The molecule has 8 N–H and O–H groups in total. The van der Waals surface area contributed by atoms with E-state index in [9.17, 15) is 0 Å². The van der Waals surface area contributed by atoms with Gasteiger partial charge in [-0.3, -0.25) is 5.41 Å². The number of nitrogens with one attached hydrogen (secondary N) is 4. The first-order valence-electron chi connectivity index (χ1n) is 12.6. The van der Waals surface area contributed by atoms with Crippen molar-refractivity contribution in [1.29, 1.82) is 5.41 Å². The van der Waals surface area contributed by atoms with Gasteiger partial charge in [0.1, 0.15) is 22.0 Å². The van der Waals surface area contributed by atoms with Gasteiger partial charge in [0.25, 0.3) is 0 Å². The summed E-state index contributed by atoms with van der Waals surface area (Å²) in [7, 11) is 0. The Hall–Kier alpha value is -2.45. The number of hydrogen-bond acceptors (Lipinski definition) is 7. The van der Waals surface area contributed by atoms with Crippen LogP contribution in [0.4, 0.5) is 0 Å². The summed E-state index contributed by atoms with van der Waals surface area (Å²) in [6.07, 6.45) is 9.73. The molecule has 36 heavy (non-hydrogen) atoms. The summed E-state index contributed by atoms with van der Waals surface area (Å²) in [5.41, 5.74) is 15.7. The molecule has 0 saturated heterocycles. The number of amidine groups is 1. The molecule has 3 heterocycles. The maximum Gasteiger partial charge on any atom is 0.133 e. The summed E-state index contributed by atoms with van der Waals surface area (Å²) in [5, 5.41) is 17.2. The van der Waals surface area contributed by atoms with E-state index in [1.165, 1.54) is 43.5 Å². The lowest BCUT2D eigenvalue weighted by molar-refractivity contribution is 0.464. The maximum absolute atomic E-state index is 7.22. The molecular weight excluding hydrogens is 495 g/mol. The van der Waals surface area contributed by atoms with E-state index >= 15 is 0 Å². The van der Waals surface area contributed by atoms with Crippen molar-refractivity contribution < 1.29 is 0 Å². The minimum absolute atomic E-state index is 0.00249. The highest BCUT2D eigenvalue weighted by molar-refractivity contribution is 6.67. The molecule has 1 saturated carbocycles. The SMILES string of the molecule is CC.CC1=C(N=C(N)/C=C(\N)Cl)C(C)(C)CN1.CCC.N=C(Cl)/C=C1/N=CC2=C(N1)C1(CCN2)CC1. The van der Waals surface area contributed by atoms with E-state index in [4.69, 9.17) is 40.1 Å². The van der Waals surface area contributed by atoms with Crippen LogP contribution in [0.3, 0.4) is 0 Å². The van der Waals surface area contributed by atoms with E-state index in [2.05, 4.69) is 53.6 Å². The van der Waals surface area contributed by atoms with E-state index < -0.39 is 0 Å². The van der Waals surface area contributed by atoms with Crippen molar-refractivity contribution in [3.8, 4) is 0 Å². The van der Waals surface area contributed by atoms with Crippen LogP contribution in [0.25, 0.3) is 0 Å². The Morgan fingerprint density at radius 3 is 2.25 bits per heavy atom. The zero-order valence-corrected chi connectivity index (χ0v) is 24.3. The normalized spacial score (nSPS) is 22.0. The van der Waals surface area contributed by atoms with E-state index in [0.29, 0.717) is 17.1 Å². The number of hydrogen-bond donors (Lipinski definition) is 6. The topological polar surface area (TPSA) is 137 Å². The molecule has 1 fully saturated rings. The van der Waals surface area contributed by atoms with Gasteiger partial charge < -0.3 is 27.4 Å². The second-order valence-electron chi connectivity index (χ2n) is 9.49. The Bertz CT molecular complexity index is 962. The molecule has 0 aromatic heterocycles. The fourth-order valence-corrected chi connectivity index (χ4v) is 4.17. The molecule has 0 aromatic carbocycles. The van der Waals surface area contributed by atoms with Crippen LogP contribution < -0.4 is 27.4 Å². The number of aliphatic imine (C=N–C) groups is 2. The quantitative estimate of drug-likeness (QED) is 0.162. The number of nitrogens with two attached hydrogens (primary N) is 2. The minimum Gasteiger partial charge on any atom is -0.389 e. The molecule has 4 aliphatic rings. The first-order chi connectivity index (χ1) is 16.9. The van der Waals surface area contributed by atoms with Crippen LogP contribution in [0.5, 0.6) is 0 Å². The molecule has 1 spiro atoms. The lowest BCUT2D eigenvalue weighted by Crippen LogP contribution is -2.37. The number of fused-ring (bicyclic) bond motifs is 1. The highest BCUT2D eigenvalue weighted by Crippen LogP contribution is 2.56. The van der Waals surface area contributed by atoms with Gasteiger partial charge in [0.05, 0.1) is 17.6 Å². The third-order valence-electron chi connectivity index (χ3n) is 5.74. The van der Waals surface area contributed by atoms with Crippen molar-refractivity contribution in [2.24, 2.45) is 32.3 Å². The van der Waals surface area contributed by atoms with Gasteiger partial charge in [-0.15, -0.1) is 0 Å². The third kappa shape index (κ3) is 9.21. The van der Waals surface area contributed by atoms with Crippen LogP contribution in [0.15, 0.2) is 55.9 Å². The molecule has 0 bridgehead atoms. The van der Waals surface area contributed by atoms with Crippen molar-refractivity contribution >= 4 is 40.4 Å². The Balaban J connectivity index is 0.000000307. The second kappa shape index (κ2) is 14.3. The molecule has 10 heteroatoms. The highest BCUT2D eigenvalue weighted by atomic mass is 35.5. The molecule has 0 radical (unpaired) electrons. The summed E-state index contributed by atoms with van der Waals surface area (Å²) in [6.45, 7) is 16.3. The van der Waals surface area contributed by atoms with Gasteiger partial charge >= 0.3 is 0 Å². The standard InChI is InChI=1S/C11H13ClN4.C10H17ClN4.C3H8.C2H6/c12-8(13)5-9-15-6-7-10(16-9)11(1-2-11)3-4-14-7;1-6-9(10(2,3)5-14-6)15-8(13)4-7(11)12;1-3-2;1-2/h5-6,13-14,16H,1-4H2;4,14H,5,12H2,1-3H3,(H2,13,15);3H2,1-2H3;1-2H3/b9-5-,13-8?;7-4-;;. The lowest BCUT2D eigenvalue weighted by Gasteiger charge is -2.31. The fourth-order valence-electron chi connectivity index (χ4n) is 3.95. The molecule has 0 aromatic rings. The van der Waals surface area contributed by atoms with Crippen LogP contribution in [0, 0.1) is 16.2 Å². The average molecular weight is 540 g/mol. The number of rotatable bonds is 3. The highest BCUT2D eigenvalue weighted by Gasteiger charge is 2.49. The van der Waals surface area contributed by atoms with E-state index in [1.54, 1.807) is 0 Å². The van der Waals surface area contributed by atoms with Gasteiger partial charge in [-0.2, -0.15) is 0 Å². The van der Waals surface area contributed by atoms with Crippen molar-refractivity contribution in [3.05, 3.63) is 45.9 Å². The molecule has 0 atom stereocenters. The Morgan fingerprint density at radius 2 is 1.78 bits per heavy atom. The molecule has 3 aliphatic heterocycles. The summed E-state index contributed by atoms with van der Waals surface area (Å²) >= 11 is 11.0. The zero-order valence-electron chi connectivity index (χ0n) is 22.8. The van der Waals surface area contributed by atoms with Gasteiger partial charge in [0.15, 0.2) is 0 Å². The second-order valence-corrected chi connectivity index (χ2v) is 10.3. The Labute approximate surface area is 227 Å². The van der Waals surface area contributed by atoms with Crippen molar-refractivity contribution in [3.63, 3.8) is 0 Å². The van der Waals surface area contributed by atoms with Crippen molar-refractivity contribution in [2.45, 2.75) is 74.1 Å². The third-order valence-corrected chi connectivity index (χ3v) is 5.96. The van der Waals surface area contributed by atoms with E-state index in [1.807, 2.05) is 27.0 Å². The molecule has 202 valence electrons. The first kappa shape index (κ1) is 31.6. The van der Waals surface area contributed by atoms with E-state index in [0.717, 1.165) is 30.2 Å². The van der Waals surface area contributed by atoms with Gasteiger partial charge in [-0.25, -0.2) is 9.98 Å². The molecular formula is C26H44Cl2N8. The number of nitrogens with zero attached hydrogens (tertiary/aromatic N) is 2. The Kier molecular flexibility index (Phi) is 12.6. The summed E-state index contributed by atoms with van der Waals surface area (Å²) in [4.78, 5) is 8.55. The summed E-state index contributed by atoms with van der Waals surface area (Å²) in [5.74, 6) is 0.988. The van der Waals surface area contributed by atoms with Crippen LogP contribution in [-0.4, -0.2) is 30.3 Å². The van der Waals surface area contributed by atoms with Gasteiger partial charge in [-0.05, 0) is 26.2 Å². The van der Waals surface area contributed by atoms with Crippen LogP contribution in [-0.2, 0) is 0 Å². The molecule has 1 aliphatic carbocycles. The monoisotopic (exact) mass is 538 g/mol. The van der Waals surface area contributed by atoms with Crippen molar-refractivity contribution in [1.82, 2.24) is 16.0 Å². The lowest BCUT2D eigenvalue weighted by atomic mass is 9.91. The maximum atomic E-state index is 7.22. The van der Waals surface area contributed by atoms with Crippen LogP contribution >= 0.6 is 23.2 Å². The first-order valence-corrected chi connectivity index (χ1v) is 13.4. The molecule has 0 amide bonds. The van der Waals surface area contributed by atoms with E-state index in [-0.39, 0.29) is 15.7 Å². The van der Waals surface area contributed by atoms with Crippen molar-refractivity contribution in [2.75, 3.05) is 13.1 Å². The summed E-state index contributed by atoms with van der Waals surface area (Å²) in [6, 6.07) is 0. The molecule has 0 unspecified atom stereocenters. The van der Waals surface area contributed by atoms with Gasteiger partial charge in [-0.1, -0.05) is 71.2 Å². The number of halogens is 2. The Morgan fingerprint density at radius 1 is 1.17 bits per heavy atom. The smallest absolute Gasteiger partial charge is 0.133 e. The minimum atomic E-state index is -0.0103. The van der Waals surface area contributed by atoms with Gasteiger partial charge in [0, 0.05) is 47.5 Å². The molecule has 8 nitrogen and oxygen atoms in total. The zero-order chi connectivity index (χ0) is 27.5. The largest absolute Gasteiger partial charge is 0.389 e. The fraction of sp³-hybridized carbons (Fsp3) is 0.577. The number of allylic oxidation sites excluding steroid dienone is 4. The summed E-state index contributed by atoms with van der Waals surface area (Å²) < 4.78 is 0. The molecule has 4 rings (SSSR count). The predicted molar refractivity (Wildman–Crippen MR) is 156 cm³/mol. The van der Waals surface area contributed by atoms with Crippen LogP contribution in [0.2, 0.25) is 0 Å². The predicted octanol–water partition coefficient (Wildman–Crippen LogP) is 5.39. The van der Waals surface area contributed by atoms with Gasteiger partial charge in [0.2, 0.25) is 0 Å².